The van der Waals surface area contributed by atoms with E-state index in [0.29, 0.717) is 13.0 Å². The fourth-order valence-electron chi connectivity index (χ4n) is 2.12. The molecule has 2 rings (SSSR count). The van der Waals surface area contributed by atoms with Gasteiger partial charge in [-0.2, -0.15) is 0 Å². The summed E-state index contributed by atoms with van der Waals surface area (Å²) in [6, 6.07) is 18.9. The number of benzene rings is 2. The molecule has 2 N–H and O–H groups in total. The number of hydrogen-bond acceptors (Lipinski definition) is 3. The van der Waals surface area contributed by atoms with Crippen LogP contribution in [0.3, 0.4) is 0 Å². The van der Waals surface area contributed by atoms with Gasteiger partial charge in [0.2, 0.25) is 0 Å². The quantitative estimate of drug-likeness (QED) is 0.861. The first kappa shape index (κ1) is 16.0. The molecular weight excluding hydrogens is 278 g/mol. The summed E-state index contributed by atoms with van der Waals surface area (Å²) in [6.45, 7) is 2.32. The Kier molecular flexibility index (Phi) is 5.55. The zero-order chi connectivity index (χ0) is 15.8. The van der Waals surface area contributed by atoms with E-state index in [0.717, 1.165) is 11.1 Å². The second-order valence-electron chi connectivity index (χ2n) is 5.38. The van der Waals surface area contributed by atoms with Crippen molar-refractivity contribution in [1.82, 2.24) is 5.32 Å². The fourth-order valence-corrected chi connectivity index (χ4v) is 2.12. The third-order valence-electron chi connectivity index (χ3n) is 3.49. The minimum atomic E-state index is -0.978. The summed E-state index contributed by atoms with van der Waals surface area (Å²) in [5.74, 6) is 0. The number of ether oxygens (including phenoxy) is 1. The maximum absolute atomic E-state index is 11.6. The van der Waals surface area contributed by atoms with Crippen LogP contribution in [-0.2, 0) is 16.9 Å². The molecule has 0 saturated carbocycles. The predicted molar refractivity (Wildman–Crippen MR) is 85.3 cm³/mol. The van der Waals surface area contributed by atoms with Gasteiger partial charge in [-0.1, -0.05) is 60.7 Å². The summed E-state index contributed by atoms with van der Waals surface area (Å²) < 4.78 is 5.12. The van der Waals surface area contributed by atoms with E-state index in [1.54, 1.807) is 6.92 Å². The Morgan fingerprint density at radius 1 is 1.09 bits per heavy atom. The van der Waals surface area contributed by atoms with Crippen molar-refractivity contribution in [3.05, 3.63) is 71.8 Å². The van der Waals surface area contributed by atoms with Gasteiger partial charge in [-0.25, -0.2) is 4.79 Å². The van der Waals surface area contributed by atoms with Crippen LogP contribution >= 0.6 is 0 Å². The van der Waals surface area contributed by atoms with E-state index in [4.69, 9.17) is 4.74 Å². The largest absolute Gasteiger partial charge is 0.445 e. The van der Waals surface area contributed by atoms with Crippen molar-refractivity contribution < 1.29 is 14.6 Å². The Balaban J connectivity index is 1.73. The maximum Gasteiger partial charge on any atom is 0.407 e. The van der Waals surface area contributed by atoms with Gasteiger partial charge >= 0.3 is 6.09 Å². The molecule has 0 heterocycles. The van der Waals surface area contributed by atoms with Gasteiger partial charge in [0.1, 0.15) is 6.61 Å². The number of nitrogens with one attached hydrogen (secondary N) is 1. The van der Waals surface area contributed by atoms with Crippen molar-refractivity contribution in [3.8, 4) is 0 Å². The smallest absolute Gasteiger partial charge is 0.407 e. The van der Waals surface area contributed by atoms with Crippen LogP contribution < -0.4 is 5.32 Å². The first-order chi connectivity index (χ1) is 10.6. The van der Waals surface area contributed by atoms with Crippen molar-refractivity contribution in [2.24, 2.45) is 0 Å². The molecule has 4 nitrogen and oxygen atoms in total. The van der Waals surface area contributed by atoms with Crippen molar-refractivity contribution in [3.63, 3.8) is 0 Å². The molecule has 0 aliphatic rings. The molecule has 1 amide bonds. The highest BCUT2D eigenvalue weighted by Gasteiger charge is 2.22. The lowest BCUT2D eigenvalue weighted by Gasteiger charge is -2.23. The number of alkyl carbamates (subject to hydrolysis) is 1. The van der Waals surface area contributed by atoms with Crippen LogP contribution in [0.1, 0.15) is 24.5 Å². The molecule has 0 saturated heterocycles. The van der Waals surface area contributed by atoms with E-state index in [1.807, 2.05) is 60.7 Å². The number of rotatable bonds is 6. The van der Waals surface area contributed by atoms with E-state index in [-0.39, 0.29) is 6.61 Å². The Labute approximate surface area is 130 Å². The van der Waals surface area contributed by atoms with Gasteiger partial charge in [0.25, 0.3) is 0 Å². The molecule has 0 aliphatic carbocycles. The molecule has 0 spiro atoms. The maximum atomic E-state index is 11.6. The first-order valence-electron chi connectivity index (χ1n) is 7.30. The average molecular weight is 299 g/mol. The van der Waals surface area contributed by atoms with Gasteiger partial charge < -0.3 is 15.2 Å². The first-order valence-corrected chi connectivity index (χ1v) is 7.30. The summed E-state index contributed by atoms with van der Waals surface area (Å²) in [6.07, 6.45) is -0.0648. The van der Waals surface area contributed by atoms with E-state index >= 15 is 0 Å². The third-order valence-corrected chi connectivity index (χ3v) is 3.49. The zero-order valence-corrected chi connectivity index (χ0v) is 12.7. The molecule has 2 aromatic carbocycles. The molecule has 22 heavy (non-hydrogen) atoms. The number of hydrogen-bond donors (Lipinski definition) is 2. The monoisotopic (exact) mass is 299 g/mol. The van der Waals surface area contributed by atoms with Crippen molar-refractivity contribution in [1.29, 1.82) is 0 Å². The number of aliphatic hydroxyl groups is 1. The van der Waals surface area contributed by atoms with Crippen LogP contribution in [-0.4, -0.2) is 17.7 Å². The Morgan fingerprint density at radius 2 is 1.68 bits per heavy atom. The average Bonchev–Trinajstić information content (AvgIpc) is 2.54. The van der Waals surface area contributed by atoms with Gasteiger partial charge in [0, 0.05) is 6.54 Å². The van der Waals surface area contributed by atoms with E-state index in [9.17, 15) is 9.90 Å². The highest BCUT2D eigenvalue weighted by molar-refractivity contribution is 5.67. The highest BCUT2D eigenvalue weighted by Crippen LogP contribution is 2.23. The molecule has 0 aromatic heterocycles. The fraction of sp³-hybridized carbons (Fsp3) is 0.278. The lowest BCUT2D eigenvalue weighted by atomic mass is 9.93. The summed E-state index contributed by atoms with van der Waals surface area (Å²) in [7, 11) is 0. The molecule has 1 unspecified atom stereocenters. The topological polar surface area (TPSA) is 58.6 Å². The molecule has 1 atom stereocenters. The number of carbonyl (C=O) groups is 1. The van der Waals surface area contributed by atoms with Crippen LogP contribution in [0.2, 0.25) is 0 Å². The van der Waals surface area contributed by atoms with Gasteiger partial charge in [-0.05, 0) is 24.5 Å². The van der Waals surface area contributed by atoms with E-state index < -0.39 is 11.7 Å². The molecule has 2 aromatic rings. The molecule has 0 radical (unpaired) electrons. The van der Waals surface area contributed by atoms with Crippen LogP contribution in [0.5, 0.6) is 0 Å². The normalized spacial score (nSPS) is 13.2. The second-order valence-corrected chi connectivity index (χ2v) is 5.38. The summed E-state index contributed by atoms with van der Waals surface area (Å²) >= 11 is 0. The van der Waals surface area contributed by atoms with Crippen LogP contribution in [0, 0.1) is 0 Å². The van der Waals surface area contributed by atoms with Gasteiger partial charge in [-0.3, -0.25) is 0 Å². The van der Waals surface area contributed by atoms with Crippen LogP contribution in [0.25, 0.3) is 0 Å². The molecule has 0 aliphatic heterocycles. The van der Waals surface area contributed by atoms with Gasteiger partial charge in [0.05, 0.1) is 5.60 Å². The summed E-state index contributed by atoms with van der Waals surface area (Å²) in [5.41, 5.74) is 0.789. The lowest BCUT2D eigenvalue weighted by Crippen LogP contribution is -2.31. The minimum Gasteiger partial charge on any atom is -0.445 e. The second kappa shape index (κ2) is 7.61. The van der Waals surface area contributed by atoms with Gasteiger partial charge in [-0.15, -0.1) is 0 Å². The highest BCUT2D eigenvalue weighted by atomic mass is 16.5. The molecular formula is C18H21NO3. The lowest BCUT2D eigenvalue weighted by molar-refractivity contribution is 0.0474. The van der Waals surface area contributed by atoms with Crippen molar-refractivity contribution in [2.45, 2.75) is 25.6 Å². The molecule has 4 heteroatoms. The Hall–Kier alpha value is -2.33. The molecule has 0 fully saturated rings. The number of carbonyl (C=O) groups excluding carboxylic acids is 1. The summed E-state index contributed by atoms with van der Waals surface area (Å²) in [5, 5.41) is 13.1. The zero-order valence-electron chi connectivity index (χ0n) is 12.7. The van der Waals surface area contributed by atoms with Crippen LogP contribution in [0.15, 0.2) is 60.7 Å². The predicted octanol–water partition coefficient (Wildman–Crippen LogP) is 3.21. The molecule has 116 valence electrons. The van der Waals surface area contributed by atoms with Crippen molar-refractivity contribution in [2.75, 3.05) is 6.54 Å². The molecule has 0 bridgehead atoms. The van der Waals surface area contributed by atoms with Crippen LogP contribution in [0.4, 0.5) is 4.79 Å². The number of amides is 1. The van der Waals surface area contributed by atoms with Gasteiger partial charge in [0.15, 0.2) is 0 Å². The standard InChI is InChI=1S/C18H21NO3/c1-18(21,16-10-6-3-7-11-16)12-13-19-17(20)22-14-15-8-4-2-5-9-15/h2-11,21H,12-14H2,1H3,(H,19,20). The Morgan fingerprint density at radius 3 is 2.32 bits per heavy atom. The third kappa shape index (κ3) is 4.90. The van der Waals surface area contributed by atoms with E-state index in [1.165, 1.54) is 0 Å². The minimum absolute atomic E-state index is 0.238. The Bertz CT molecular complexity index is 582. The SMILES string of the molecule is CC(O)(CCNC(=O)OCc1ccccc1)c1ccccc1. The van der Waals surface area contributed by atoms with E-state index in [2.05, 4.69) is 5.32 Å². The summed E-state index contributed by atoms with van der Waals surface area (Å²) in [4.78, 5) is 11.6. The van der Waals surface area contributed by atoms with Crippen molar-refractivity contribution >= 4 is 6.09 Å².